The van der Waals surface area contributed by atoms with Gasteiger partial charge in [0, 0.05) is 18.2 Å². The number of benzene rings is 1. The quantitative estimate of drug-likeness (QED) is 0.758. The maximum absolute atomic E-state index is 10.6. The molecule has 0 fully saturated rings. The van der Waals surface area contributed by atoms with Gasteiger partial charge in [-0.1, -0.05) is 12.1 Å². The largest absolute Gasteiger partial charge is 0.481 e. The van der Waals surface area contributed by atoms with Gasteiger partial charge in [0.15, 0.2) is 0 Å². The maximum atomic E-state index is 10.6. The van der Waals surface area contributed by atoms with E-state index in [0.29, 0.717) is 13.0 Å². The van der Waals surface area contributed by atoms with E-state index in [1.165, 1.54) is 0 Å². The number of anilines is 1. The fraction of sp³-hybridized carbons (Fsp3) is 0.533. The normalized spacial score (nSPS) is 12.4. The zero-order valence-corrected chi connectivity index (χ0v) is 11.8. The van der Waals surface area contributed by atoms with E-state index in [-0.39, 0.29) is 18.6 Å². The third kappa shape index (κ3) is 6.82. The minimum absolute atomic E-state index is 0.162. The Balaban J connectivity index is 2.49. The number of nitrogens with one attached hydrogen (secondary N) is 1. The van der Waals surface area contributed by atoms with E-state index in [2.05, 4.69) is 12.2 Å². The minimum atomic E-state index is -0.767. The van der Waals surface area contributed by atoms with Crippen LogP contribution in [-0.2, 0) is 16.0 Å². The van der Waals surface area contributed by atoms with Crippen molar-refractivity contribution in [1.82, 2.24) is 0 Å². The average Bonchev–Trinajstić information content (AvgIpc) is 2.34. The highest BCUT2D eigenvalue weighted by Gasteiger charge is 2.05. The van der Waals surface area contributed by atoms with E-state index < -0.39 is 5.97 Å². The smallest absolute Gasteiger partial charge is 0.303 e. The number of aryl methyl sites for hydroxylation is 1. The van der Waals surface area contributed by atoms with Crippen molar-refractivity contribution in [3.63, 3.8) is 0 Å². The van der Waals surface area contributed by atoms with Gasteiger partial charge in [-0.25, -0.2) is 0 Å². The van der Waals surface area contributed by atoms with E-state index >= 15 is 0 Å². The van der Waals surface area contributed by atoms with Gasteiger partial charge in [-0.3, -0.25) is 4.79 Å². The molecule has 4 heteroatoms. The van der Waals surface area contributed by atoms with Gasteiger partial charge in [0.1, 0.15) is 0 Å². The molecule has 1 rings (SSSR count). The predicted octanol–water partition coefficient (Wildman–Crippen LogP) is 2.93. The Kier molecular flexibility index (Phi) is 6.36. The van der Waals surface area contributed by atoms with Crippen molar-refractivity contribution in [1.29, 1.82) is 0 Å². The van der Waals surface area contributed by atoms with Gasteiger partial charge in [-0.2, -0.15) is 0 Å². The highest BCUT2D eigenvalue weighted by molar-refractivity contribution is 5.67. The molecule has 0 spiro atoms. The first-order chi connectivity index (χ1) is 8.97. The number of carbonyl (C=O) groups is 1. The molecule has 1 unspecified atom stereocenters. The lowest BCUT2D eigenvalue weighted by atomic mass is 10.1. The summed E-state index contributed by atoms with van der Waals surface area (Å²) in [7, 11) is 0. The van der Waals surface area contributed by atoms with E-state index in [1.807, 2.05) is 38.1 Å². The molecule has 1 aromatic rings. The minimum Gasteiger partial charge on any atom is -0.481 e. The Morgan fingerprint density at radius 2 is 2.11 bits per heavy atom. The molecule has 0 bridgehead atoms. The van der Waals surface area contributed by atoms with Crippen LogP contribution < -0.4 is 5.32 Å². The molecule has 0 aliphatic heterocycles. The van der Waals surface area contributed by atoms with Gasteiger partial charge in [0.25, 0.3) is 0 Å². The first kappa shape index (κ1) is 15.5. The second-order valence-corrected chi connectivity index (χ2v) is 5.02. The molecule has 0 aromatic heterocycles. The summed E-state index contributed by atoms with van der Waals surface area (Å²) >= 11 is 0. The van der Waals surface area contributed by atoms with Gasteiger partial charge in [0.05, 0.1) is 12.7 Å². The molecule has 0 amide bonds. The Bertz CT molecular complexity index is 404. The standard InChI is InChI=1S/C15H23NO3/c1-11(2)19-10-12(3)16-14-6-4-5-13(9-14)7-8-15(17)18/h4-6,9,11-12,16H,7-8,10H2,1-3H3,(H,17,18). The number of hydrogen-bond donors (Lipinski definition) is 2. The van der Waals surface area contributed by atoms with Gasteiger partial charge < -0.3 is 15.2 Å². The van der Waals surface area contributed by atoms with E-state index in [4.69, 9.17) is 9.84 Å². The molecule has 0 aliphatic carbocycles. The zero-order valence-electron chi connectivity index (χ0n) is 11.8. The SMILES string of the molecule is CC(COC(C)C)Nc1cccc(CCC(=O)O)c1. The Labute approximate surface area is 114 Å². The highest BCUT2D eigenvalue weighted by atomic mass is 16.5. The molecule has 0 saturated heterocycles. The summed E-state index contributed by atoms with van der Waals surface area (Å²) in [6.07, 6.45) is 0.947. The van der Waals surface area contributed by atoms with Crippen LogP contribution in [0.1, 0.15) is 32.8 Å². The maximum Gasteiger partial charge on any atom is 0.303 e. The summed E-state index contributed by atoms with van der Waals surface area (Å²) in [5, 5.41) is 12.0. The van der Waals surface area contributed by atoms with Crippen LogP contribution in [0.2, 0.25) is 0 Å². The van der Waals surface area contributed by atoms with Crippen LogP contribution in [-0.4, -0.2) is 29.8 Å². The Morgan fingerprint density at radius 1 is 1.37 bits per heavy atom. The van der Waals surface area contributed by atoms with Crippen LogP contribution >= 0.6 is 0 Å². The third-order valence-corrected chi connectivity index (χ3v) is 2.65. The summed E-state index contributed by atoms with van der Waals surface area (Å²) < 4.78 is 5.54. The van der Waals surface area contributed by atoms with Crippen molar-refractivity contribution in [3.05, 3.63) is 29.8 Å². The average molecular weight is 265 g/mol. The van der Waals surface area contributed by atoms with Crippen LogP contribution in [0, 0.1) is 0 Å². The zero-order chi connectivity index (χ0) is 14.3. The number of carboxylic acids is 1. The first-order valence-electron chi connectivity index (χ1n) is 6.66. The van der Waals surface area contributed by atoms with Gasteiger partial charge in [-0.05, 0) is 44.9 Å². The summed E-state index contributed by atoms with van der Waals surface area (Å²) in [6.45, 7) is 6.74. The molecular weight excluding hydrogens is 242 g/mol. The molecule has 1 aromatic carbocycles. The number of hydrogen-bond acceptors (Lipinski definition) is 3. The number of carboxylic acid groups (broad SMARTS) is 1. The van der Waals surface area contributed by atoms with Crippen LogP contribution in [0.4, 0.5) is 5.69 Å². The fourth-order valence-electron chi connectivity index (χ4n) is 1.73. The molecule has 106 valence electrons. The summed E-state index contributed by atoms with van der Waals surface area (Å²) in [4.78, 5) is 10.6. The molecule has 0 radical (unpaired) electrons. The molecule has 0 saturated carbocycles. The molecule has 4 nitrogen and oxygen atoms in total. The number of aliphatic carboxylic acids is 1. The summed E-state index contributed by atoms with van der Waals surface area (Å²) in [5.41, 5.74) is 2.03. The van der Waals surface area contributed by atoms with Crippen molar-refractivity contribution in [3.8, 4) is 0 Å². The van der Waals surface area contributed by atoms with Crippen LogP contribution in [0.15, 0.2) is 24.3 Å². The van der Waals surface area contributed by atoms with Crippen molar-refractivity contribution < 1.29 is 14.6 Å². The molecule has 0 heterocycles. The van der Waals surface area contributed by atoms with Crippen LogP contribution in [0.3, 0.4) is 0 Å². The lowest BCUT2D eigenvalue weighted by molar-refractivity contribution is -0.136. The molecule has 2 N–H and O–H groups in total. The highest BCUT2D eigenvalue weighted by Crippen LogP contribution is 2.13. The fourth-order valence-corrected chi connectivity index (χ4v) is 1.73. The number of ether oxygens (including phenoxy) is 1. The van der Waals surface area contributed by atoms with Crippen molar-refractivity contribution >= 4 is 11.7 Å². The third-order valence-electron chi connectivity index (χ3n) is 2.65. The first-order valence-corrected chi connectivity index (χ1v) is 6.66. The number of rotatable bonds is 8. The second-order valence-electron chi connectivity index (χ2n) is 5.02. The van der Waals surface area contributed by atoms with Crippen molar-refractivity contribution in [2.45, 2.75) is 45.8 Å². The van der Waals surface area contributed by atoms with Crippen LogP contribution in [0.25, 0.3) is 0 Å². The molecule has 0 aliphatic rings. The van der Waals surface area contributed by atoms with Crippen molar-refractivity contribution in [2.75, 3.05) is 11.9 Å². The summed E-state index contributed by atoms with van der Waals surface area (Å²) in [6, 6.07) is 8.08. The van der Waals surface area contributed by atoms with E-state index in [0.717, 1.165) is 11.3 Å². The van der Waals surface area contributed by atoms with E-state index in [9.17, 15) is 4.79 Å². The Morgan fingerprint density at radius 3 is 2.74 bits per heavy atom. The predicted molar refractivity (Wildman–Crippen MR) is 76.6 cm³/mol. The topological polar surface area (TPSA) is 58.6 Å². The second kappa shape index (κ2) is 7.79. The summed E-state index contributed by atoms with van der Waals surface area (Å²) in [5.74, 6) is -0.767. The molecule has 1 atom stereocenters. The van der Waals surface area contributed by atoms with Gasteiger partial charge >= 0.3 is 5.97 Å². The Hall–Kier alpha value is -1.55. The van der Waals surface area contributed by atoms with Gasteiger partial charge in [-0.15, -0.1) is 0 Å². The lowest BCUT2D eigenvalue weighted by Gasteiger charge is -2.17. The van der Waals surface area contributed by atoms with Gasteiger partial charge in [0.2, 0.25) is 0 Å². The van der Waals surface area contributed by atoms with Crippen LogP contribution in [0.5, 0.6) is 0 Å². The lowest BCUT2D eigenvalue weighted by Crippen LogP contribution is -2.23. The molecule has 19 heavy (non-hydrogen) atoms. The molecular formula is C15H23NO3. The van der Waals surface area contributed by atoms with Crippen molar-refractivity contribution in [2.24, 2.45) is 0 Å². The monoisotopic (exact) mass is 265 g/mol. The van der Waals surface area contributed by atoms with E-state index in [1.54, 1.807) is 0 Å².